The van der Waals surface area contributed by atoms with Gasteiger partial charge in [0.15, 0.2) is 0 Å². The lowest BCUT2D eigenvalue weighted by molar-refractivity contribution is 0.297. The summed E-state index contributed by atoms with van der Waals surface area (Å²) in [6.45, 7) is 0.422. The van der Waals surface area contributed by atoms with Crippen molar-refractivity contribution >= 4 is 17.3 Å². The van der Waals surface area contributed by atoms with Crippen molar-refractivity contribution in [3.05, 3.63) is 53.1 Å². The molecule has 0 fully saturated rings. The summed E-state index contributed by atoms with van der Waals surface area (Å²) in [5.41, 5.74) is 7.31. The molecule has 2 rings (SSSR count). The van der Waals surface area contributed by atoms with E-state index >= 15 is 0 Å². The Labute approximate surface area is 111 Å². The molecule has 18 heavy (non-hydrogen) atoms. The van der Waals surface area contributed by atoms with E-state index in [1.165, 1.54) is 0 Å². The first-order valence-corrected chi connectivity index (χ1v) is 5.87. The molecule has 0 aliphatic rings. The second-order valence-corrected chi connectivity index (χ2v) is 4.25. The van der Waals surface area contributed by atoms with E-state index in [1.54, 1.807) is 25.3 Å². The summed E-state index contributed by atoms with van der Waals surface area (Å²) in [6, 6.07) is 12.7. The quantitative estimate of drug-likeness (QED) is 0.859. The van der Waals surface area contributed by atoms with Gasteiger partial charge in [-0.05, 0) is 36.4 Å². The summed E-state index contributed by atoms with van der Waals surface area (Å²) in [7, 11) is 1.61. The predicted molar refractivity (Wildman–Crippen MR) is 73.2 cm³/mol. The Morgan fingerprint density at radius 2 is 1.83 bits per heavy atom. The molecule has 3 nitrogen and oxygen atoms in total. The van der Waals surface area contributed by atoms with Crippen molar-refractivity contribution in [2.24, 2.45) is 0 Å². The minimum atomic E-state index is 0.422. The van der Waals surface area contributed by atoms with Gasteiger partial charge >= 0.3 is 0 Å². The zero-order chi connectivity index (χ0) is 13.0. The number of ether oxygens (including phenoxy) is 2. The van der Waals surface area contributed by atoms with Crippen molar-refractivity contribution in [1.29, 1.82) is 0 Å². The molecule has 0 aliphatic carbocycles. The van der Waals surface area contributed by atoms with Crippen molar-refractivity contribution in [2.45, 2.75) is 6.61 Å². The lowest BCUT2D eigenvalue weighted by Crippen LogP contribution is -1.99. The summed E-state index contributed by atoms with van der Waals surface area (Å²) in [5, 5.41) is 0.687. The molecule has 4 heteroatoms. The van der Waals surface area contributed by atoms with E-state index in [-0.39, 0.29) is 0 Å². The van der Waals surface area contributed by atoms with Gasteiger partial charge in [-0.3, -0.25) is 0 Å². The van der Waals surface area contributed by atoms with Gasteiger partial charge in [-0.2, -0.15) is 0 Å². The number of hydrogen-bond donors (Lipinski definition) is 1. The van der Waals surface area contributed by atoms with Crippen LogP contribution in [0.25, 0.3) is 0 Å². The minimum absolute atomic E-state index is 0.422. The monoisotopic (exact) mass is 263 g/mol. The first-order valence-electron chi connectivity index (χ1n) is 5.50. The van der Waals surface area contributed by atoms with Crippen LogP contribution in [0.15, 0.2) is 42.5 Å². The highest BCUT2D eigenvalue weighted by Crippen LogP contribution is 2.23. The van der Waals surface area contributed by atoms with Gasteiger partial charge in [0.25, 0.3) is 0 Å². The van der Waals surface area contributed by atoms with Gasteiger partial charge in [-0.25, -0.2) is 0 Å². The molecule has 2 aromatic rings. The maximum atomic E-state index is 5.80. The van der Waals surface area contributed by atoms with Gasteiger partial charge in [-0.1, -0.05) is 11.6 Å². The van der Waals surface area contributed by atoms with Gasteiger partial charge in [0.1, 0.15) is 18.1 Å². The molecule has 0 saturated heterocycles. The molecule has 0 bridgehead atoms. The van der Waals surface area contributed by atoms with Gasteiger partial charge in [0.2, 0.25) is 0 Å². The number of halogens is 1. The number of hydrogen-bond acceptors (Lipinski definition) is 3. The summed E-state index contributed by atoms with van der Waals surface area (Å²) >= 11 is 5.80. The molecule has 0 radical (unpaired) electrons. The molecule has 0 atom stereocenters. The van der Waals surface area contributed by atoms with Crippen LogP contribution in [0.4, 0.5) is 5.69 Å². The molecular weight excluding hydrogens is 250 g/mol. The third kappa shape index (κ3) is 3.08. The van der Waals surface area contributed by atoms with Crippen LogP contribution in [0, 0.1) is 0 Å². The van der Waals surface area contributed by atoms with Crippen molar-refractivity contribution in [3.8, 4) is 11.5 Å². The summed E-state index contributed by atoms with van der Waals surface area (Å²) in [4.78, 5) is 0. The molecule has 0 unspecified atom stereocenters. The highest BCUT2D eigenvalue weighted by molar-refractivity contribution is 6.30. The Bertz CT molecular complexity index is 526. The lowest BCUT2D eigenvalue weighted by atomic mass is 10.2. The van der Waals surface area contributed by atoms with Crippen molar-refractivity contribution in [2.75, 3.05) is 12.8 Å². The number of rotatable bonds is 4. The van der Waals surface area contributed by atoms with E-state index in [2.05, 4.69) is 0 Å². The Kier molecular flexibility index (Phi) is 3.95. The van der Waals surface area contributed by atoms with Crippen LogP contribution >= 0.6 is 11.6 Å². The Morgan fingerprint density at radius 1 is 1.11 bits per heavy atom. The largest absolute Gasteiger partial charge is 0.496 e. The van der Waals surface area contributed by atoms with Gasteiger partial charge in [0, 0.05) is 22.3 Å². The molecule has 0 spiro atoms. The first kappa shape index (κ1) is 12.6. The van der Waals surface area contributed by atoms with E-state index in [0.29, 0.717) is 17.3 Å². The highest BCUT2D eigenvalue weighted by atomic mass is 35.5. The summed E-state index contributed by atoms with van der Waals surface area (Å²) < 4.78 is 10.9. The second kappa shape index (κ2) is 5.65. The average Bonchev–Trinajstić information content (AvgIpc) is 2.39. The number of anilines is 1. The van der Waals surface area contributed by atoms with Crippen molar-refractivity contribution in [3.63, 3.8) is 0 Å². The second-order valence-electron chi connectivity index (χ2n) is 3.81. The molecule has 0 amide bonds. The van der Waals surface area contributed by atoms with Crippen LogP contribution in [0.1, 0.15) is 5.56 Å². The standard InChI is InChI=1S/C14H14ClNO2/c1-17-14-8-12(16)5-2-10(14)9-18-13-6-3-11(15)4-7-13/h2-8H,9,16H2,1H3. The van der Waals surface area contributed by atoms with Crippen LogP contribution in [0.2, 0.25) is 5.02 Å². The summed E-state index contributed by atoms with van der Waals surface area (Å²) in [5.74, 6) is 1.49. The fourth-order valence-corrected chi connectivity index (χ4v) is 1.70. The SMILES string of the molecule is COc1cc(N)ccc1COc1ccc(Cl)cc1. The molecule has 94 valence electrons. The molecular formula is C14H14ClNO2. The lowest BCUT2D eigenvalue weighted by Gasteiger charge is -2.11. The van der Waals surface area contributed by atoms with Crippen molar-refractivity contribution in [1.82, 2.24) is 0 Å². The predicted octanol–water partition coefficient (Wildman–Crippen LogP) is 3.51. The maximum absolute atomic E-state index is 5.80. The molecule has 0 aromatic heterocycles. The van der Waals surface area contributed by atoms with Gasteiger partial charge < -0.3 is 15.2 Å². The first-order chi connectivity index (χ1) is 8.69. The molecule has 0 aliphatic heterocycles. The Morgan fingerprint density at radius 3 is 2.50 bits per heavy atom. The topological polar surface area (TPSA) is 44.5 Å². The van der Waals surface area contributed by atoms with E-state index in [1.807, 2.05) is 24.3 Å². The van der Waals surface area contributed by atoms with E-state index in [4.69, 9.17) is 26.8 Å². The third-order valence-corrected chi connectivity index (χ3v) is 2.77. The van der Waals surface area contributed by atoms with Crippen LogP contribution in [0.3, 0.4) is 0 Å². The number of methoxy groups -OCH3 is 1. The zero-order valence-corrected chi connectivity index (χ0v) is 10.8. The minimum Gasteiger partial charge on any atom is -0.496 e. The fourth-order valence-electron chi connectivity index (χ4n) is 1.57. The average molecular weight is 264 g/mol. The van der Waals surface area contributed by atoms with E-state index in [0.717, 1.165) is 17.1 Å². The van der Waals surface area contributed by atoms with Crippen LogP contribution in [-0.4, -0.2) is 7.11 Å². The normalized spacial score (nSPS) is 10.1. The van der Waals surface area contributed by atoms with Crippen LogP contribution < -0.4 is 15.2 Å². The Balaban J connectivity index is 2.08. The highest BCUT2D eigenvalue weighted by Gasteiger charge is 2.04. The molecule has 0 heterocycles. The van der Waals surface area contributed by atoms with Crippen LogP contribution in [0.5, 0.6) is 11.5 Å². The number of nitrogen functional groups attached to an aromatic ring is 1. The zero-order valence-electron chi connectivity index (χ0n) is 10.0. The number of benzene rings is 2. The molecule has 2 N–H and O–H groups in total. The van der Waals surface area contributed by atoms with Crippen molar-refractivity contribution < 1.29 is 9.47 Å². The molecule has 0 saturated carbocycles. The van der Waals surface area contributed by atoms with Gasteiger partial charge in [-0.15, -0.1) is 0 Å². The Hall–Kier alpha value is -1.87. The summed E-state index contributed by atoms with van der Waals surface area (Å²) in [6.07, 6.45) is 0. The van der Waals surface area contributed by atoms with E-state index < -0.39 is 0 Å². The molecule has 2 aromatic carbocycles. The smallest absolute Gasteiger partial charge is 0.127 e. The maximum Gasteiger partial charge on any atom is 0.127 e. The van der Waals surface area contributed by atoms with Gasteiger partial charge in [0.05, 0.1) is 7.11 Å². The third-order valence-electron chi connectivity index (χ3n) is 2.52. The van der Waals surface area contributed by atoms with E-state index in [9.17, 15) is 0 Å². The van der Waals surface area contributed by atoms with Crippen LogP contribution in [-0.2, 0) is 6.61 Å². The number of nitrogens with two attached hydrogens (primary N) is 1. The fraction of sp³-hybridized carbons (Fsp3) is 0.143.